The summed E-state index contributed by atoms with van der Waals surface area (Å²) in [6.07, 6.45) is 2.26. The van der Waals surface area contributed by atoms with Crippen molar-refractivity contribution in [2.24, 2.45) is 0 Å². The largest absolute Gasteiger partial charge is 0.468 e. The molecule has 0 spiro atoms. The van der Waals surface area contributed by atoms with Crippen LogP contribution in [0.5, 0.6) is 0 Å². The Kier molecular flexibility index (Phi) is 6.19. The molecule has 5 rings (SSSR count). The average Bonchev–Trinajstić information content (AvgIpc) is 3.22. The molecule has 0 unspecified atom stereocenters. The molecule has 1 saturated heterocycles. The van der Waals surface area contributed by atoms with Crippen molar-refractivity contribution >= 4 is 16.9 Å². The molecule has 3 heterocycles. The summed E-state index contributed by atoms with van der Waals surface area (Å²) >= 11 is 0. The number of esters is 1. The Labute approximate surface area is 193 Å². The highest BCUT2D eigenvalue weighted by Crippen LogP contribution is 2.48. The van der Waals surface area contributed by atoms with E-state index in [-0.39, 0.29) is 29.9 Å². The molecule has 174 valence electrons. The van der Waals surface area contributed by atoms with Crippen molar-refractivity contribution < 1.29 is 18.7 Å². The van der Waals surface area contributed by atoms with Crippen LogP contribution in [0.2, 0.25) is 0 Å². The second kappa shape index (κ2) is 9.25. The number of fused-ring (bicyclic) bond motifs is 5. The molecule has 0 amide bonds. The minimum atomic E-state index is -0.401. The number of rotatable bonds is 6. The van der Waals surface area contributed by atoms with Crippen LogP contribution in [0.15, 0.2) is 48.5 Å². The van der Waals surface area contributed by atoms with Gasteiger partial charge in [0.05, 0.1) is 19.8 Å². The third-order valence-electron chi connectivity index (χ3n) is 7.14. The van der Waals surface area contributed by atoms with E-state index in [2.05, 4.69) is 27.3 Å². The van der Waals surface area contributed by atoms with E-state index in [1.807, 2.05) is 24.3 Å². The summed E-state index contributed by atoms with van der Waals surface area (Å²) in [5.41, 5.74) is 4.45. The number of ether oxygens (including phenoxy) is 2. The number of para-hydroxylation sites is 1. The van der Waals surface area contributed by atoms with E-state index >= 15 is 0 Å². The number of nitrogens with one attached hydrogen (secondary N) is 2. The van der Waals surface area contributed by atoms with Gasteiger partial charge in [-0.05, 0) is 42.2 Å². The first-order valence-corrected chi connectivity index (χ1v) is 11.5. The summed E-state index contributed by atoms with van der Waals surface area (Å²) in [4.78, 5) is 19.0. The molecule has 1 fully saturated rings. The second-order valence-electron chi connectivity index (χ2n) is 8.95. The number of aromatic amines is 1. The van der Waals surface area contributed by atoms with Crippen LogP contribution >= 0.6 is 0 Å². The van der Waals surface area contributed by atoms with Gasteiger partial charge in [0, 0.05) is 48.8 Å². The maximum Gasteiger partial charge on any atom is 0.323 e. The van der Waals surface area contributed by atoms with E-state index in [1.54, 1.807) is 7.11 Å². The normalized spacial score (nSPS) is 24.9. The minimum Gasteiger partial charge on any atom is -0.468 e. The molecular formula is C26H30FN3O3. The van der Waals surface area contributed by atoms with Gasteiger partial charge in [-0.3, -0.25) is 9.69 Å². The van der Waals surface area contributed by atoms with E-state index in [0.717, 1.165) is 35.9 Å². The first-order chi connectivity index (χ1) is 16.1. The molecule has 6 nitrogen and oxygen atoms in total. The summed E-state index contributed by atoms with van der Waals surface area (Å²) in [5.74, 6) is -0.490. The molecule has 0 saturated carbocycles. The van der Waals surface area contributed by atoms with Gasteiger partial charge in [-0.25, -0.2) is 4.39 Å². The predicted octanol–water partition coefficient (Wildman–Crippen LogP) is 3.89. The number of methoxy groups -OCH3 is 2. The highest BCUT2D eigenvalue weighted by Gasteiger charge is 2.48. The highest BCUT2D eigenvalue weighted by molar-refractivity contribution is 5.87. The number of halogens is 1. The van der Waals surface area contributed by atoms with Gasteiger partial charge in [-0.1, -0.05) is 30.3 Å². The fraction of sp³-hybridized carbons (Fsp3) is 0.423. The molecule has 0 radical (unpaired) electrons. The van der Waals surface area contributed by atoms with Crippen LogP contribution in [0.1, 0.15) is 41.7 Å². The van der Waals surface area contributed by atoms with E-state index in [4.69, 9.17) is 9.47 Å². The molecule has 3 aromatic rings. The number of aromatic nitrogens is 1. The Morgan fingerprint density at radius 3 is 2.64 bits per heavy atom. The lowest BCUT2D eigenvalue weighted by atomic mass is 9.79. The molecular weight excluding hydrogens is 421 g/mol. The lowest BCUT2D eigenvalue weighted by molar-refractivity contribution is -0.152. The monoisotopic (exact) mass is 451 g/mol. The molecule has 2 aliphatic heterocycles. The van der Waals surface area contributed by atoms with Crippen LogP contribution in [0.4, 0.5) is 4.39 Å². The average molecular weight is 452 g/mol. The Morgan fingerprint density at radius 2 is 1.88 bits per heavy atom. The van der Waals surface area contributed by atoms with E-state index in [1.165, 1.54) is 30.5 Å². The van der Waals surface area contributed by atoms with Crippen LogP contribution in [0, 0.1) is 5.82 Å². The molecule has 2 aromatic carbocycles. The van der Waals surface area contributed by atoms with Gasteiger partial charge in [0.1, 0.15) is 11.9 Å². The molecule has 2 N–H and O–H groups in total. The molecule has 0 bridgehead atoms. The number of piperidine rings is 1. The Hall–Kier alpha value is -2.74. The molecule has 2 aliphatic rings. The van der Waals surface area contributed by atoms with Crippen molar-refractivity contribution in [2.75, 3.05) is 27.4 Å². The van der Waals surface area contributed by atoms with Crippen LogP contribution in [0.3, 0.4) is 0 Å². The SMILES string of the molecule is COCCN[C@@H]1C[C@@H]2c3[nH]c4ccccc4c3C[C@@H](C(=O)OC)N2[C@H](c2ccc(F)cc2)C1. The maximum atomic E-state index is 13.7. The standard InChI is InChI=1S/C26H30FN3O3/c1-32-12-11-28-18-13-22(16-7-9-17(27)10-8-16)30-23(14-18)25-20(15-24(30)26(31)33-2)19-5-3-4-6-21(19)29-25/h3-10,18,22-24,28-29H,11-15H2,1-2H3/t18-,22-,23+,24-/m0/s1. The zero-order valence-electron chi connectivity index (χ0n) is 19.0. The van der Waals surface area contributed by atoms with Gasteiger partial charge in [-0.15, -0.1) is 0 Å². The first kappa shape index (κ1) is 22.1. The Bertz CT molecular complexity index is 1130. The zero-order chi connectivity index (χ0) is 22.9. The number of carbonyl (C=O) groups excluding carboxylic acids is 1. The number of H-pyrrole nitrogens is 1. The first-order valence-electron chi connectivity index (χ1n) is 11.5. The third-order valence-corrected chi connectivity index (χ3v) is 7.14. The Morgan fingerprint density at radius 1 is 1.12 bits per heavy atom. The van der Waals surface area contributed by atoms with Crippen molar-refractivity contribution in [1.29, 1.82) is 0 Å². The molecule has 1 aromatic heterocycles. The number of benzene rings is 2. The zero-order valence-corrected chi connectivity index (χ0v) is 19.0. The van der Waals surface area contributed by atoms with Crippen molar-refractivity contribution in [1.82, 2.24) is 15.2 Å². The van der Waals surface area contributed by atoms with Gasteiger partial charge < -0.3 is 19.8 Å². The van der Waals surface area contributed by atoms with Crippen molar-refractivity contribution in [3.8, 4) is 0 Å². The van der Waals surface area contributed by atoms with Gasteiger partial charge in [0.25, 0.3) is 0 Å². The van der Waals surface area contributed by atoms with Gasteiger partial charge >= 0.3 is 5.97 Å². The van der Waals surface area contributed by atoms with Crippen molar-refractivity contribution in [2.45, 2.75) is 43.4 Å². The predicted molar refractivity (Wildman–Crippen MR) is 124 cm³/mol. The fourth-order valence-electron chi connectivity index (χ4n) is 5.69. The summed E-state index contributed by atoms with van der Waals surface area (Å²) in [7, 11) is 3.15. The highest BCUT2D eigenvalue weighted by atomic mass is 19.1. The van der Waals surface area contributed by atoms with Gasteiger partial charge in [0.2, 0.25) is 0 Å². The maximum absolute atomic E-state index is 13.7. The van der Waals surface area contributed by atoms with E-state index < -0.39 is 6.04 Å². The minimum absolute atomic E-state index is 0.00842. The summed E-state index contributed by atoms with van der Waals surface area (Å²) < 4.78 is 24.2. The molecule has 33 heavy (non-hydrogen) atoms. The van der Waals surface area contributed by atoms with E-state index in [0.29, 0.717) is 13.0 Å². The quantitative estimate of drug-likeness (QED) is 0.440. The third kappa shape index (κ3) is 4.05. The topological polar surface area (TPSA) is 66.6 Å². The second-order valence-corrected chi connectivity index (χ2v) is 8.95. The lowest BCUT2D eigenvalue weighted by Crippen LogP contribution is -2.55. The fourth-order valence-corrected chi connectivity index (χ4v) is 5.69. The summed E-state index contributed by atoms with van der Waals surface area (Å²) in [6, 6.07) is 14.7. The number of carbonyl (C=O) groups is 1. The number of nitrogens with zero attached hydrogens (tertiary/aromatic N) is 1. The van der Waals surface area contributed by atoms with Crippen LogP contribution in [-0.4, -0.2) is 55.3 Å². The van der Waals surface area contributed by atoms with Crippen LogP contribution in [-0.2, 0) is 20.7 Å². The molecule has 0 aliphatic carbocycles. The Balaban J connectivity index is 1.61. The molecule has 4 atom stereocenters. The van der Waals surface area contributed by atoms with Crippen molar-refractivity contribution in [3.05, 3.63) is 71.2 Å². The number of hydrogen-bond donors (Lipinski definition) is 2. The van der Waals surface area contributed by atoms with Crippen LogP contribution < -0.4 is 5.32 Å². The van der Waals surface area contributed by atoms with Crippen LogP contribution in [0.25, 0.3) is 10.9 Å². The lowest BCUT2D eigenvalue weighted by Gasteiger charge is -2.50. The van der Waals surface area contributed by atoms with Gasteiger partial charge in [-0.2, -0.15) is 0 Å². The van der Waals surface area contributed by atoms with Crippen molar-refractivity contribution in [3.63, 3.8) is 0 Å². The summed E-state index contributed by atoms with van der Waals surface area (Å²) in [6.45, 7) is 1.39. The van der Waals surface area contributed by atoms with Gasteiger partial charge in [0.15, 0.2) is 0 Å². The molecule has 7 heteroatoms. The number of hydrogen-bond acceptors (Lipinski definition) is 5. The van der Waals surface area contributed by atoms with E-state index in [9.17, 15) is 9.18 Å². The smallest absolute Gasteiger partial charge is 0.323 e. The summed E-state index contributed by atoms with van der Waals surface area (Å²) in [5, 5.41) is 4.79.